The Bertz CT molecular complexity index is 756. The van der Waals surface area contributed by atoms with Gasteiger partial charge < -0.3 is 15.3 Å². The Labute approximate surface area is 156 Å². The zero-order valence-electron chi connectivity index (χ0n) is 13.8. The van der Waals surface area contributed by atoms with Crippen molar-refractivity contribution < 1.29 is 14.7 Å². The van der Waals surface area contributed by atoms with E-state index < -0.39 is 5.97 Å². The molecule has 7 heteroatoms. The highest BCUT2D eigenvalue weighted by atomic mass is 35.5. The van der Waals surface area contributed by atoms with E-state index in [1.807, 2.05) is 44.2 Å². The van der Waals surface area contributed by atoms with Gasteiger partial charge in [-0.3, -0.25) is 0 Å². The number of halogens is 2. The van der Waals surface area contributed by atoms with Gasteiger partial charge in [-0.05, 0) is 31.5 Å². The predicted octanol–water partition coefficient (Wildman–Crippen LogP) is 5.13. The van der Waals surface area contributed by atoms with Gasteiger partial charge in [-0.25, -0.2) is 9.59 Å². The highest BCUT2D eigenvalue weighted by Gasteiger charge is 2.20. The van der Waals surface area contributed by atoms with Gasteiger partial charge in [0.25, 0.3) is 0 Å². The molecule has 0 aromatic heterocycles. The molecule has 0 spiro atoms. The molecule has 25 heavy (non-hydrogen) atoms. The maximum atomic E-state index is 12.7. The number of carboxylic acids is 1. The maximum Gasteiger partial charge on any atom is 0.335 e. The van der Waals surface area contributed by atoms with Gasteiger partial charge in [0.15, 0.2) is 0 Å². The smallest absolute Gasteiger partial charge is 0.335 e. The average molecular weight is 381 g/mol. The first-order chi connectivity index (χ1) is 11.8. The molecule has 2 amide bonds. The zero-order valence-corrected chi connectivity index (χ0v) is 15.3. The van der Waals surface area contributed by atoms with Gasteiger partial charge in [0, 0.05) is 12.6 Å². The molecule has 0 heterocycles. The van der Waals surface area contributed by atoms with Gasteiger partial charge >= 0.3 is 12.0 Å². The molecule has 132 valence electrons. The largest absolute Gasteiger partial charge is 0.478 e. The number of carbonyl (C=O) groups is 2. The number of carbonyl (C=O) groups excluding carboxylic acids is 1. The summed E-state index contributed by atoms with van der Waals surface area (Å²) in [5, 5.41) is 11.8. The SMILES string of the molecule is CC(C)N(Cc1ccccc1)C(=O)Nc1c(Cl)cc(C(=O)O)cc1Cl. The number of benzene rings is 2. The summed E-state index contributed by atoms with van der Waals surface area (Å²) in [6.07, 6.45) is 0. The van der Waals surface area contributed by atoms with Crippen molar-refractivity contribution in [1.29, 1.82) is 0 Å². The highest BCUT2D eigenvalue weighted by molar-refractivity contribution is 6.40. The molecule has 0 radical (unpaired) electrons. The zero-order chi connectivity index (χ0) is 18.6. The van der Waals surface area contributed by atoms with E-state index in [2.05, 4.69) is 5.32 Å². The standard InChI is InChI=1S/C18H18Cl2N2O3/c1-11(2)22(10-12-6-4-3-5-7-12)18(25)21-16-14(19)8-13(17(23)24)9-15(16)20/h3-9,11H,10H2,1-2H3,(H,21,25)(H,23,24). The average Bonchev–Trinajstić information content (AvgIpc) is 2.56. The monoisotopic (exact) mass is 380 g/mol. The van der Waals surface area contributed by atoms with E-state index in [-0.39, 0.29) is 33.4 Å². The van der Waals surface area contributed by atoms with Crippen LogP contribution in [0.5, 0.6) is 0 Å². The molecule has 0 bridgehead atoms. The minimum absolute atomic E-state index is 0.0435. The summed E-state index contributed by atoms with van der Waals surface area (Å²) in [4.78, 5) is 25.3. The summed E-state index contributed by atoms with van der Waals surface area (Å²) in [5.41, 5.74) is 1.14. The Kier molecular flexibility index (Phi) is 6.28. The molecule has 2 aromatic rings. The highest BCUT2D eigenvalue weighted by Crippen LogP contribution is 2.32. The fourth-order valence-corrected chi connectivity index (χ4v) is 2.85. The second-order valence-corrected chi connectivity index (χ2v) is 6.57. The van der Waals surface area contributed by atoms with E-state index in [0.717, 1.165) is 5.56 Å². The van der Waals surface area contributed by atoms with Crippen LogP contribution < -0.4 is 5.32 Å². The fourth-order valence-electron chi connectivity index (χ4n) is 2.26. The van der Waals surface area contributed by atoms with Gasteiger partial charge in [-0.1, -0.05) is 53.5 Å². The molecule has 2 rings (SSSR count). The predicted molar refractivity (Wildman–Crippen MR) is 99.6 cm³/mol. The number of hydrogen-bond acceptors (Lipinski definition) is 2. The van der Waals surface area contributed by atoms with Crippen LogP contribution in [0.15, 0.2) is 42.5 Å². The molecular weight excluding hydrogens is 363 g/mol. The van der Waals surface area contributed by atoms with Crippen molar-refractivity contribution in [2.45, 2.75) is 26.4 Å². The molecule has 0 aliphatic rings. The molecule has 0 saturated heterocycles. The van der Waals surface area contributed by atoms with Crippen molar-refractivity contribution in [2.24, 2.45) is 0 Å². The van der Waals surface area contributed by atoms with Crippen LogP contribution in [0.4, 0.5) is 10.5 Å². The van der Waals surface area contributed by atoms with Crippen molar-refractivity contribution >= 4 is 40.9 Å². The first-order valence-electron chi connectivity index (χ1n) is 7.63. The number of rotatable bonds is 5. The molecule has 0 fully saturated rings. The van der Waals surface area contributed by atoms with Crippen molar-refractivity contribution in [2.75, 3.05) is 5.32 Å². The fraction of sp³-hybridized carbons (Fsp3) is 0.222. The van der Waals surface area contributed by atoms with Crippen LogP contribution in [-0.4, -0.2) is 28.0 Å². The number of hydrogen-bond donors (Lipinski definition) is 2. The number of nitrogens with zero attached hydrogens (tertiary/aromatic N) is 1. The molecule has 0 aliphatic heterocycles. The number of nitrogens with one attached hydrogen (secondary N) is 1. The Hall–Kier alpha value is -2.24. The third-order valence-electron chi connectivity index (χ3n) is 3.60. The number of carboxylic acid groups (broad SMARTS) is 1. The lowest BCUT2D eigenvalue weighted by Crippen LogP contribution is -2.39. The van der Waals surface area contributed by atoms with Crippen LogP contribution in [-0.2, 0) is 6.54 Å². The number of aromatic carboxylic acids is 1. The first-order valence-corrected chi connectivity index (χ1v) is 8.39. The maximum absolute atomic E-state index is 12.7. The van der Waals surface area contributed by atoms with Crippen LogP contribution in [0.1, 0.15) is 29.8 Å². The van der Waals surface area contributed by atoms with E-state index in [9.17, 15) is 9.59 Å². The second-order valence-electron chi connectivity index (χ2n) is 5.76. The van der Waals surface area contributed by atoms with Crippen LogP contribution in [0.3, 0.4) is 0 Å². The molecular formula is C18H18Cl2N2O3. The number of urea groups is 1. The summed E-state index contributed by atoms with van der Waals surface area (Å²) in [7, 11) is 0. The van der Waals surface area contributed by atoms with E-state index in [4.69, 9.17) is 28.3 Å². The Morgan fingerprint density at radius 1 is 1.12 bits per heavy atom. The lowest BCUT2D eigenvalue weighted by Gasteiger charge is -2.27. The van der Waals surface area contributed by atoms with Crippen molar-refractivity contribution in [3.05, 3.63) is 63.6 Å². The molecule has 0 atom stereocenters. The van der Waals surface area contributed by atoms with Gasteiger partial charge in [0.1, 0.15) is 0 Å². The van der Waals surface area contributed by atoms with Gasteiger partial charge in [-0.15, -0.1) is 0 Å². The molecule has 2 N–H and O–H groups in total. The molecule has 0 unspecified atom stereocenters. The number of amides is 2. The van der Waals surface area contributed by atoms with Crippen molar-refractivity contribution in [3.8, 4) is 0 Å². The van der Waals surface area contributed by atoms with Crippen molar-refractivity contribution in [3.63, 3.8) is 0 Å². The Morgan fingerprint density at radius 2 is 1.68 bits per heavy atom. The Morgan fingerprint density at radius 3 is 2.16 bits per heavy atom. The van der Waals surface area contributed by atoms with E-state index >= 15 is 0 Å². The molecule has 0 saturated carbocycles. The first kappa shape index (κ1) is 19.1. The van der Waals surface area contributed by atoms with Gasteiger partial charge in [-0.2, -0.15) is 0 Å². The van der Waals surface area contributed by atoms with E-state index in [1.165, 1.54) is 12.1 Å². The van der Waals surface area contributed by atoms with Crippen molar-refractivity contribution in [1.82, 2.24) is 4.90 Å². The topological polar surface area (TPSA) is 69.6 Å². The lowest BCUT2D eigenvalue weighted by molar-refractivity contribution is 0.0697. The van der Waals surface area contributed by atoms with Gasteiger partial charge in [0.05, 0.1) is 21.3 Å². The molecule has 2 aromatic carbocycles. The molecule has 5 nitrogen and oxygen atoms in total. The summed E-state index contributed by atoms with van der Waals surface area (Å²) in [5.74, 6) is -1.14. The van der Waals surface area contributed by atoms with Crippen LogP contribution in [0.2, 0.25) is 10.0 Å². The third-order valence-corrected chi connectivity index (χ3v) is 4.20. The summed E-state index contributed by atoms with van der Waals surface area (Å²) in [6.45, 7) is 4.23. The number of anilines is 1. The van der Waals surface area contributed by atoms with Crippen LogP contribution >= 0.6 is 23.2 Å². The normalized spacial score (nSPS) is 10.6. The van der Waals surface area contributed by atoms with Crippen LogP contribution in [0, 0.1) is 0 Å². The Balaban J connectivity index is 2.23. The molecule has 0 aliphatic carbocycles. The summed E-state index contributed by atoms with van der Waals surface area (Å²) < 4.78 is 0. The van der Waals surface area contributed by atoms with E-state index in [0.29, 0.717) is 6.54 Å². The van der Waals surface area contributed by atoms with E-state index in [1.54, 1.807) is 4.90 Å². The quantitative estimate of drug-likeness (QED) is 0.754. The minimum Gasteiger partial charge on any atom is -0.478 e. The summed E-state index contributed by atoms with van der Waals surface area (Å²) in [6, 6.07) is 11.7. The third kappa shape index (κ3) is 4.87. The van der Waals surface area contributed by atoms with Crippen LogP contribution in [0.25, 0.3) is 0 Å². The summed E-state index contributed by atoms with van der Waals surface area (Å²) >= 11 is 12.2. The lowest BCUT2D eigenvalue weighted by atomic mass is 10.2. The second kappa shape index (κ2) is 8.23. The minimum atomic E-state index is -1.14. The van der Waals surface area contributed by atoms with Gasteiger partial charge in [0.2, 0.25) is 0 Å².